The molecule has 0 aromatic carbocycles. The summed E-state index contributed by atoms with van der Waals surface area (Å²) in [5.74, 6) is 0.449. The van der Waals surface area contributed by atoms with E-state index in [0.717, 1.165) is 25.7 Å². The summed E-state index contributed by atoms with van der Waals surface area (Å²) in [6, 6.07) is -0.630. The van der Waals surface area contributed by atoms with Crippen molar-refractivity contribution in [2.45, 2.75) is 76.7 Å². The lowest BCUT2D eigenvalue weighted by Crippen LogP contribution is -2.65. The first kappa shape index (κ1) is 14.8. The van der Waals surface area contributed by atoms with Gasteiger partial charge in [0.15, 0.2) is 0 Å². The zero-order chi connectivity index (χ0) is 15.2. The average molecular weight is 294 g/mol. The standard InChI is InChI=1S/C16H26N2O3/c1-4-12-15(20)18(9-11-7-8-16(2,3)21-11)13(10-5-6-10)14(19)17-12/h10-13H,4-9H2,1-3H3,(H,17,19). The fraction of sp³-hybridized carbons (Fsp3) is 0.875. The van der Waals surface area contributed by atoms with E-state index in [1.54, 1.807) is 0 Å². The molecular formula is C16H26N2O3. The summed E-state index contributed by atoms with van der Waals surface area (Å²) in [4.78, 5) is 26.8. The number of piperazine rings is 1. The van der Waals surface area contributed by atoms with Gasteiger partial charge in [0.1, 0.15) is 12.1 Å². The average Bonchev–Trinajstić information content (AvgIpc) is 3.18. The van der Waals surface area contributed by atoms with Gasteiger partial charge >= 0.3 is 0 Å². The van der Waals surface area contributed by atoms with Crippen LogP contribution in [-0.4, -0.2) is 47.0 Å². The van der Waals surface area contributed by atoms with Crippen molar-refractivity contribution in [3.63, 3.8) is 0 Å². The minimum Gasteiger partial charge on any atom is -0.371 e. The van der Waals surface area contributed by atoms with Crippen LogP contribution in [0.15, 0.2) is 0 Å². The first-order valence-electron chi connectivity index (χ1n) is 8.20. The van der Waals surface area contributed by atoms with Gasteiger partial charge in [0, 0.05) is 6.54 Å². The van der Waals surface area contributed by atoms with Crippen LogP contribution in [-0.2, 0) is 14.3 Å². The Morgan fingerprint density at radius 2 is 2.00 bits per heavy atom. The summed E-state index contributed by atoms with van der Waals surface area (Å²) in [6.07, 6.45) is 4.79. The highest BCUT2D eigenvalue weighted by molar-refractivity contribution is 5.97. The second-order valence-corrected chi connectivity index (χ2v) is 7.28. The third-order valence-electron chi connectivity index (χ3n) is 4.93. The smallest absolute Gasteiger partial charge is 0.245 e. The Morgan fingerprint density at radius 3 is 2.52 bits per heavy atom. The SMILES string of the molecule is CCC1NC(=O)C(C2CC2)N(CC2CCC(C)(C)O2)C1=O. The molecule has 3 aliphatic rings. The number of hydrogen-bond donors (Lipinski definition) is 1. The van der Waals surface area contributed by atoms with Gasteiger partial charge in [0.25, 0.3) is 0 Å². The van der Waals surface area contributed by atoms with Crippen molar-refractivity contribution in [2.24, 2.45) is 5.92 Å². The van der Waals surface area contributed by atoms with Crippen molar-refractivity contribution in [2.75, 3.05) is 6.54 Å². The molecule has 0 bridgehead atoms. The second-order valence-electron chi connectivity index (χ2n) is 7.28. The molecule has 3 fully saturated rings. The molecule has 118 valence electrons. The van der Waals surface area contributed by atoms with Gasteiger partial charge in [-0.15, -0.1) is 0 Å². The third kappa shape index (κ3) is 2.93. The van der Waals surface area contributed by atoms with Gasteiger partial charge in [-0.25, -0.2) is 0 Å². The van der Waals surface area contributed by atoms with E-state index in [0.29, 0.717) is 18.9 Å². The van der Waals surface area contributed by atoms with Gasteiger partial charge in [0.05, 0.1) is 11.7 Å². The Bertz CT molecular complexity index is 445. The molecule has 0 radical (unpaired) electrons. The van der Waals surface area contributed by atoms with Crippen LogP contribution in [0.5, 0.6) is 0 Å². The molecule has 1 aliphatic carbocycles. The molecule has 5 nitrogen and oxygen atoms in total. The summed E-state index contributed by atoms with van der Waals surface area (Å²) in [5.41, 5.74) is -0.106. The molecule has 0 spiro atoms. The largest absolute Gasteiger partial charge is 0.371 e. The Morgan fingerprint density at radius 1 is 1.29 bits per heavy atom. The monoisotopic (exact) mass is 294 g/mol. The molecular weight excluding hydrogens is 268 g/mol. The normalized spacial score (nSPS) is 36.0. The second kappa shape index (κ2) is 5.27. The lowest BCUT2D eigenvalue weighted by atomic mass is 10.0. The minimum atomic E-state index is -0.359. The van der Waals surface area contributed by atoms with Crippen LogP contribution in [0, 0.1) is 5.92 Å². The summed E-state index contributed by atoms with van der Waals surface area (Å²) in [7, 11) is 0. The fourth-order valence-electron chi connectivity index (χ4n) is 3.58. The molecule has 3 atom stereocenters. The molecule has 2 amide bonds. The van der Waals surface area contributed by atoms with Crippen molar-refractivity contribution in [3.05, 3.63) is 0 Å². The van der Waals surface area contributed by atoms with E-state index < -0.39 is 0 Å². The van der Waals surface area contributed by atoms with E-state index >= 15 is 0 Å². The number of carbonyl (C=O) groups is 2. The Kier molecular flexibility index (Phi) is 3.72. The molecule has 2 saturated heterocycles. The summed E-state index contributed by atoms with van der Waals surface area (Å²) in [5, 5.41) is 2.89. The number of ether oxygens (including phenoxy) is 1. The van der Waals surface area contributed by atoms with Gasteiger partial charge in [-0.05, 0) is 51.9 Å². The van der Waals surface area contributed by atoms with Crippen LogP contribution < -0.4 is 5.32 Å². The number of rotatable bonds is 4. The van der Waals surface area contributed by atoms with E-state index in [1.807, 2.05) is 11.8 Å². The first-order valence-corrected chi connectivity index (χ1v) is 8.20. The quantitative estimate of drug-likeness (QED) is 0.854. The molecule has 5 heteroatoms. The molecule has 3 unspecified atom stereocenters. The molecule has 0 aromatic rings. The van der Waals surface area contributed by atoms with Crippen molar-refractivity contribution in [1.82, 2.24) is 10.2 Å². The van der Waals surface area contributed by atoms with Crippen molar-refractivity contribution >= 4 is 11.8 Å². The molecule has 2 aliphatic heterocycles. The van der Waals surface area contributed by atoms with Crippen LogP contribution in [0.1, 0.15) is 52.9 Å². The Hall–Kier alpha value is -1.10. The maximum atomic E-state index is 12.6. The van der Waals surface area contributed by atoms with Crippen molar-refractivity contribution in [3.8, 4) is 0 Å². The van der Waals surface area contributed by atoms with E-state index in [4.69, 9.17) is 4.74 Å². The molecule has 2 heterocycles. The minimum absolute atomic E-state index is 0.0289. The highest BCUT2D eigenvalue weighted by Gasteiger charge is 2.48. The number of nitrogens with zero attached hydrogens (tertiary/aromatic N) is 1. The predicted octanol–water partition coefficient (Wildman–Crippen LogP) is 1.46. The Balaban J connectivity index is 1.74. The summed E-state index contributed by atoms with van der Waals surface area (Å²) >= 11 is 0. The van der Waals surface area contributed by atoms with Crippen molar-refractivity contribution in [1.29, 1.82) is 0 Å². The van der Waals surface area contributed by atoms with Gasteiger partial charge in [0.2, 0.25) is 11.8 Å². The van der Waals surface area contributed by atoms with E-state index in [1.165, 1.54) is 0 Å². The number of carbonyl (C=O) groups excluding carboxylic acids is 2. The summed E-state index contributed by atoms with van der Waals surface area (Å²) < 4.78 is 6.03. The van der Waals surface area contributed by atoms with Crippen LogP contribution in [0.25, 0.3) is 0 Å². The highest BCUT2D eigenvalue weighted by Crippen LogP contribution is 2.38. The van der Waals surface area contributed by atoms with E-state index in [9.17, 15) is 9.59 Å². The lowest BCUT2D eigenvalue weighted by Gasteiger charge is -2.40. The van der Waals surface area contributed by atoms with Gasteiger partial charge in [-0.2, -0.15) is 0 Å². The molecule has 1 N–H and O–H groups in total. The topological polar surface area (TPSA) is 58.6 Å². The third-order valence-corrected chi connectivity index (χ3v) is 4.93. The van der Waals surface area contributed by atoms with Gasteiger partial charge < -0.3 is 15.0 Å². The number of amides is 2. The van der Waals surface area contributed by atoms with Crippen molar-refractivity contribution < 1.29 is 14.3 Å². The lowest BCUT2D eigenvalue weighted by molar-refractivity contribution is -0.153. The molecule has 0 aromatic heterocycles. The number of hydrogen-bond acceptors (Lipinski definition) is 3. The van der Waals surface area contributed by atoms with E-state index in [-0.39, 0.29) is 35.6 Å². The number of nitrogens with one attached hydrogen (secondary N) is 1. The van der Waals surface area contributed by atoms with Gasteiger partial charge in [-0.1, -0.05) is 6.92 Å². The van der Waals surface area contributed by atoms with Crippen LogP contribution in [0.2, 0.25) is 0 Å². The summed E-state index contributed by atoms with van der Waals surface area (Å²) in [6.45, 7) is 6.68. The first-order chi connectivity index (χ1) is 9.91. The molecule has 1 saturated carbocycles. The highest BCUT2D eigenvalue weighted by atomic mass is 16.5. The maximum Gasteiger partial charge on any atom is 0.245 e. The maximum absolute atomic E-state index is 12.6. The zero-order valence-electron chi connectivity index (χ0n) is 13.2. The van der Waals surface area contributed by atoms with Crippen LogP contribution in [0.3, 0.4) is 0 Å². The molecule has 3 rings (SSSR count). The van der Waals surface area contributed by atoms with Gasteiger partial charge in [-0.3, -0.25) is 9.59 Å². The Labute approximate surface area is 126 Å². The predicted molar refractivity (Wildman–Crippen MR) is 78.6 cm³/mol. The van der Waals surface area contributed by atoms with Crippen LogP contribution in [0.4, 0.5) is 0 Å². The van der Waals surface area contributed by atoms with Crippen LogP contribution >= 0.6 is 0 Å². The zero-order valence-corrected chi connectivity index (χ0v) is 13.2. The van der Waals surface area contributed by atoms with E-state index in [2.05, 4.69) is 19.2 Å². The fourth-order valence-corrected chi connectivity index (χ4v) is 3.58. The molecule has 21 heavy (non-hydrogen) atoms.